The second-order valence-corrected chi connectivity index (χ2v) is 1.76. The molecule has 0 bridgehead atoms. The van der Waals surface area contributed by atoms with Gasteiger partial charge in [0.15, 0.2) is 0 Å². The molecule has 0 aromatic carbocycles. The van der Waals surface area contributed by atoms with Crippen LogP contribution in [0.15, 0.2) is 24.7 Å². The van der Waals surface area contributed by atoms with E-state index in [9.17, 15) is 9.59 Å². The molecule has 7 heteroatoms. The molecule has 7 nitrogen and oxygen atoms in total. The van der Waals surface area contributed by atoms with Crippen molar-refractivity contribution >= 4 is 11.8 Å². The molecule has 0 saturated carbocycles. The van der Waals surface area contributed by atoms with Crippen LogP contribution in [0.25, 0.3) is 0 Å². The highest BCUT2D eigenvalue weighted by molar-refractivity contribution is 5.87. The van der Waals surface area contributed by atoms with Crippen LogP contribution in [-0.2, 0) is 14.3 Å². The first-order valence-corrected chi connectivity index (χ1v) is 3.20. The fraction of sp³-hybridized carbons (Fsp3) is 0. The molecule has 0 saturated heterocycles. The molecule has 0 aliphatic carbocycles. The maximum atomic E-state index is 10.4. The third-order valence-electron chi connectivity index (χ3n) is 0.880. The SMILES string of the molecule is NNC(=O)/C=C/O/C=C/C(=O)NN. The van der Waals surface area contributed by atoms with Crippen molar-refractivity contribution in [3.8, 4) is 0 Å². The average Bonchev–Trinajstić information content (AvgIpc) is 2.16. The number of ether oxygens (including phenoxy) is 1. The lowest BCUT2D eigenvalue weighted by Gasteiger charge is -1.91. The number of rotatable bonds is 4. The lowest BCUT2D eigenvalue weighted by atomic mass is 10.6. The monoisotopic (exact) mass is 186 g/mol. The highest BCUT2D eigenvalue weighted by atomic mass is 16.5. The molecule has 2 amide bonds. The van der Waals surface area contributed by atoms with Crippen molar-refractivity contribution in [2.75, 3.05) is 0 Å². The van der Waals surface area contributed by atoms with Crippen LogP contribution in [0.1, 0.15) is 0 Å². The van der Waals surface area contributed by atoms with Crippen LogP contribution in [0, 0.1) is 0 Å². The third kappa shape index (κ3) is 6.53. The summed E-state index contributed by atoms with van der Waals surface area (Å²) < 4.78 is 4.58. The van der Waals surface area contributed by atoms with Gasteiger partial charge >= 0.3 is 0 Å². The van der Waals surface area contributed by atoms with Gasteiger partial charge in [0.05, 0.1) is 12.5 Å². The van der Waals surface area contributed by atoms with Gasteiger partial charge in [-0.2, -0.15) is 0 Å². The molecule has 0 fully saturated rings. The fourth-order valence-corrected chi connectivity index (χ4v) is 0.344. The number of nitrogens with two attached hydrogens (primary N) is 2. The van der Waals surface area contributed by atoms with Crippen LogP contribution in [0.5, 0.6) is 0 Å². The minimum absolute atomic E-state index is 0.517. The Balaban J connectivity index is 3.66. The number of hydrogen-bond donors (Lipinski definition) is 4. The molecule has 0 aliphatic rings. The number of carbonyl (C=O) groups is 2. The zero-order valence-electron chi connectivity index (χ0n) is 6.69. The van der Waals surface area contributed by atoms with Gasteiger partial charge in [0, 0.05) is 12.2 Å². The zero-order chi connectivity index (χ0) is 10.1. The molecule has 0 aliphatic heterocycles. The predicted octanol–water partition coefficient (Wildman–Crippen LogP) is -1.99. The van der Waals surface area contributed by atoms with Crippen molar-refractivity contribution in [1.29, 1.82) is 0 Å². The summed E-state index contributed by atoms with van der Waals surface area (Å²) in [6.07, 6.45) is 4.21. The van der Waals surface area contributed by atoms with Gasteiger partial charge in [-0.15, -0.1) is 0 Å². The zero-order valence-corrected chi connectivity index (χ0v) is 6.69. The Labute approximate surface area is 74.3 Å². The summed E-state index contributed by atoms with van der Waals surface area (Å²) in [6, 6.07) is 0. The van der Waals surface area contributed by atoms with Crippen LogP contribution < -0.4 is 22.5 Å². The first-order chi connectivity index (χ1) is 6.20. The molecule has 0 heterocycles. The van der Waals surface area contributed by atoms with Gasteiger partial charge in [-0.25, -0.2) is 11.7 Å². The highest BCUT2D eigenvalue weighted by Crippen LogP contribution is 1.80. The van der Waals surface area contributed by atoms with Crippen molar-refractivity contribution in [2.45, 2.75) is 0 Å². The van der Waals surface area contributed by atoms with Crippen LogP contribution in [0.2, 0.25) is 0 Å². The molecule has 0 rings (SSSR count). The fourth-order valence-electron chi connectivity index (χ4n) is 0.344. The molecule has 72 valence electrons. The van der Waals surface area contributed by atoms with Gasteiger partial charge in [0.1, 0.15) is 0 Å². The number of hydrazine groups is 2. The van der Waals surface area contributed by atoms with Gasteiger partial charge in [-0.05, 0) is 0 Å². The van der Waals surface area contributed by atoms with Crippen molar-refractivity contribution in [3.63, 3.8) is 0 Å². The van der Waals surface area contributed by atoms with Crippen LogP contribution >= 0.6 is 0 Å². The van der Waals surface area contributed by atoms with Crippen molar-refractivity contribution < 1.29 is 14.3 Å². The topological polar surface area (TPSA) is 119 Å². The Kier molecular flexibility index (Phi) is 5.85. The molecule has 6 N–H and O–H groups in total. The van der Waals surface area contributed by atoms with Crippen molar-refractivity contribution in [2.24, 2.45) is 11.7 Å². The Morgan fingerprint density at radius 2 is 1.38 bits per heavy atom. The summed E-state index contributed by atoms with van der Waals surface area (Å²) in [5.74, 6) is 8.47. The summed E-state index contributed by atoms with van der Waals surface area (Å²) in [5, 5.41) is 0. The molecule has 0 radical (unpaired) electrons. The van der Waals surface area contributed by atoms with Gasteiger partial charge in [0.2, 0.25) is 0 Å². The van der Waals surface area contributed by atoms with E-state index >= 15 is 0 Å². The predicted molar refractivity (Wildman–Crippen MR) is 44.0 cm³/mol. The molecule has 0 atom stereocenters. The van der Waals surface area contributed by atoms with Gasteiger partial charge in [-0.3, -0.25) is 20.4 Å². The number of carbonyl (C=O) groups excluding carboxylic acids is 2. The molecule has 0 aromatic heterocycles. The minimum atomic E-state index is -0.517. The molecular weight excluding hydrogens is 176 g/mol. The van der Waals surface area contributed by atoms with Crippen molar-refractivity contribution in [3.05, 3.63) is 24.7 Å². The quantitative estimate of drug-likeness (QED) is 0.133. The summed E-state index contributed by atoms with van der Waals surface area (Å²) in [4.78, 5) is 20.9. The van der Waals surface area contributed by atoms with Crippen LogP contribution in [0.4, 0.5) is 0 Å². The van der Waals surface area contributed by atoms with Crippen LogP contribution in [0.3, 0.4) is 0 Å². The van der Waals surface area contributed by atoms with E-state index in [4.69, 9.17) is 11.7 Å². The third-order valence-corrected chi connectivity index (χ3v) is 0.880. The van der Waals surface area contributed by atoms with E-state index in [0.29, 0.717) is 0 Å². The molecule has 13 heavy (non-hydrogen) atoms. The maximum Gasteiger partial charge on any atom is 0.260 e. The first-order valence-electron chi connectivity index (χ1n) is 3.20. The average molecular weight is 186 g/mol. The Bertz CT molecular complexity index is 212. The second-order valence-electron chi connectivity index (χ2n) is 1.76. The Morgan fingerprint density at radius 1 is 1.00 bits per heavy atom. The minimum Gasteiger partial charge on any atom is -0.472 e. The smallest absolute Gasteiger partial charge is 0.260 e. The Morgan fingerprint density at radius 3 is 1.69 bits per heavy atom. The highest BCUT2D eigenvalue weighted by Gasteiger charge is 1.88. The Hall–Kier alpha value is -1.86. The normalized spacial score (nSPS) is 10.3. The summed E-state index contributed by atoms with van der Waals surface area (Å²) in [5.41, 5.74) is 3.69. The lowest BCUT2D eigenvalue weighted by Crippen LogP contribution is -2.28. The van der Waals surface area contributed by atoms with E-state index in [1.165, 1.54) is 0 Å². The molecule has 0 aromatic rings. The van der Waals surface area contributed by atoms with E-state index in [2.05, 4.69) is 4.74 Å². The lowest BCUT2D eigenvalue weighted by molar-refractivity contribution is -0.117. The molecular formula is C6H10N4O3. The van der Waals surface area contributed by atoms with E-state index < -0.39 is 11.8 Å². The summed E-state index contributed by atoms with van der Waals surface area (Å²) in [6.45, 7) is 0. The number of hydrogen-bond acceptors (Lipinski definition) is 5. The summed E-state index contributed by atoms with van der Waals surface area (Å²) in [7, 11) is 0. The van der Waals surface area contributed by atoms with Gasteiger partial charge in [-0.1, -0.05) is 0 Å². The van der Waals surface area contributed by atoms with Gasteiger partial charge < -0.3 is 4.74 Å². The van der Waals surface area contributed by atoms with E-state index in [0.717, 1.165) is 24.7 Å². The summed E-state index contributed by atoms with van der Waals surface area (Å²) >= 11 is 0. The van der Waals surface area contributed by atoms with E-state index in [1.807, 2.05) is 10.9 Å². The first kappa shape index (κ1) is 11.1. The molecule has 0 spiro atoms. The van der Waals surface area contributed by atoms with Gasteiger partial charge in [0.25, 0.3) is 11.8 Å². The van der Waals surface area contributed by atoms with Crippen LogP contribution in [-0.4, -0.2) is 11.8 Å². The van der Waals surface area contributed by atoms with E-state index in [-0.39, 0.29) is 0 Å². The molecule has 0 unspecified atom stereocenters. The van der Waals surface area contributed by atoms with Crippen molar-refractivity contribution in [1.82, 2.24) is 10.9 Å². The van der Waals surface area contributed by atoms with E-state index in [1.54, 1.807) is 0 Å². The largest absolute Gasteiger partial charge is 0.472 e. The second kappa shape index (κ2) is 6.83. The number of amides is 2. The standard InChI is InChI=1S/C6H10N4O3/c7-9-5(11)1-3-13-4-2-6(12)10-8/h1-4H,7-8H2,(H,9,11)(H,10,12)/b3-1+,4-2+. The maximum absolute atomic E-state index is 10.4. The number of nitrogens with one attached hydrogen (secondary N) is 2.